The third-order valence-corrected chi connectivity index (χ3v) is 5.28. The number of sulfonamides is 1. The van der Waals surface area contributed by atoms with Gasteiger partial charge in [0.15, 0.2) is 0 Å². The van der Waals surface area contributed by atoms with Crippen molar-refractivity contribution < 1.29 is 12.8 Å². The summed E-state index contributed by atoms with van der Waals surface area (Å²) < 4.78 is 39.4. The number of benzene rings is 1. The molecular weight excluding hydrogens is 291 g/mol. The lowest BCUT2D eigenvalue weighted by Crippen LogP contribution is -2.30. The van der Waals surface area contributed by atoms with E-state index in [1.807, 2.05) is 7.05 Å². The molecule has 1 atom stereocenters. The number of rotatable bonds is 4. The van der Waals surface area contributed by atoms with Gasteiger partial charge in [0.2, 0.25) is 10.0 Å². The van der Waals surface area contributed by atoms with Crippen molar-refractivity contribution in [2.24, 2.45) is 5.92 Å². The average Bonchev–Trinajstić information content (AvgIpc) is 2.77. The minimum Gasteiger partial charge on any atom is -0.319 e. The molecule has 1 aliphatic heterocycles. The Morgan fingerprint density at radius 3 is 2.84 bits per heavy atom. The van der Waals surface area contributed by atoms with E-state index in [9.17, 15) is 12.8 Å². The molecule has 0 aromatic heterocycles. The van der Waals surface area contributed by atoms with E-state index in [0.29, 0.717) is 19.0 Å². The lowest BCUT2D eigenvalue weighted by molar-refractivity contribution is 0.450. The summed E-state index contributed by atoms with van der Waals surface area (Å²) in [6.07, 6.45) is 0.809. The van der Waals surface area contributed by atoms with Gasteiger partial charge in [-0.15, -0.1) is 0 Å². The van der Waals surface area contributed by atoms with Gasteiger partial charge in [0.05, 0.1) is 4.90 Å². The highest BCUT2D eigenvalue weighted by Gasteiger charge is 2.32. The van der Waals surface area contributed by atoms with Crippen molar-refractivity contribution in [3.05, 3.63) is 29.0 Å². The van der Waals surface area contributed by atoms with Crippen LogP contribution in [-0.4, -0.2) is 39.4 Å². The van der Waals surface area contributed by atoms with Crippen molar-refractivity contribution in [3.63, 3.8) is 0 Å². The van der Waals surface area contributed by atoms with E-state index in [1.165, 1.54) is 10.4 Å². The fourth-order valence-corrected chi connectivity index (χ4v) is 4.17. The zero-order valence-corrected chi connectivity index (χ0v) is 12.1. The summed E-state index contributed by atoms with van der Waals surface area (Å²) in [5.41, 5.74) is 0. The van der Waals surface area contributed by atoms with Crippen molar-refractivity contribution in [2.45, 2.75) is 11.3 Å². The Bertz CT molecular complexity index is 545. The van der Waals surface area contributed by atoms with Crippen LogP contribution in [0.2, 0.25) is 5.02 Å². The van der Waals surface area contributed by atoms with Gasteiger partial charge in [-0.05, 0) is 44.1 Å². The molecule has 1 heterocycles. The Balaban J connectivity index is 2.23. The minimum atomic E-state index is -3.65. The van der Waals surface area contributed by atoms with Crippen LogP contribution in [0.3, 0.4) is 0 Å². The van der Waals surface area contributed by atoms with E-state index in [0.717, 1.165) is 25.1 Å². The molecule has 2 rings (SSSR count). The summed E-state index contributed by atoms with van der Waals surface area (Å²) in [7, 11) is -1.82. The maximum absolute atomic E-state index is 13.3. The first-order valence-electron chi connectivity index (χ1n) is 6.04. The smallest absolute Gasteiger partial charge is 0.243 e. The Morgan fingerprint density at radius 2 is 2.21 bits per heavy atom. The predicted octanol–water partition coefficient (Wildman–Crippen LogP) is 1.71. The van der Waals surface area contributed by atoms with Gasteiger partial charge in [-0.25, -0.2) is 12.8 Å². The average molecular weight is 307 g/mol. The van der Waals surface area contributed by atoms with Crippen LogP contribution >= 0.6 is 11.6 Å². The second-order valence-corrected chi connectivity index (χ2v) is 7.05. The van der Waals surface area contributed by atoms with E-state index < -0.39 is 15.8 Å². The molecule has 7 heteroatoms. The molecule has 106 valence electrons. The van der Waals surface area contributed by atoms with Gasteiger partial charge >= 0.3 is 0 Å². The van der Waals surface area contributed by atoms with Gasteiger partial charge in [0.1, 0.15) is 5.82 Å². The Hall–Kier alpha value is -0.690. The van der Waals surface area contributed by atoms with Crippen molar-refractivity contribution >= 4 is 21.6 Å². The van der Waals surface area contributed by atoms with Crippen molar-refractivity contribution in [2.75, 3.05) is 26.7 Å². The molecule has 1 aromatic rings. The maximum Gasteiger partial charge on any atom is 0.243 e. The molecule has 1 N–H and O–H groups in total. The van der Waals surface area contributed by atoms with Crippen molar-refractivity contribution in [3.8, 4) is 0 Å². The standard InChI is InChI=1S/C12H16ClFN2O2S/c1-15-7-9-2-3-16(8-9)19(17,18)12-5-10(13)4-11(14)6-12/h4-6,9,15H,2-3,7-8H2,1H3. The van der Waals surface area contributed by atoms with Crippen LogP contribution in [0.4, 0.5) is 4.39 Å². The Kier molecular flexibility index (Phi) is 4.45. The molecule has 1 aliphatic rings. The zero-order valence-electron chi connectivity index (χ0n) is 10.6. The summed E-state index contributed by atoms with van der Waals surface area (Å²) in [5, 5.41) is 3.12. The topological polar surface area (TPSA) is 49.4 Å². The molecule has 0 amide bonds. The lowest BCUT2D eigenvalue weighted by atomic mass is 10.1. The second kappa shape index (κ2) is 5.75. The van der Waals surface area contributed by atoms with Crippen LogP contribution < -0.4 is 5.32 Å². The summed E-state index contributed by atoms with van der Waals surface area (Å²) in [4.78, 5) is -0.0809. The van der Waals surface area contributed by atoms with Crippen LogP contribution in [-0.2, 0) is 10.0 Å². The fourth-order valence-electron chi connectivity index (χ4n) is 2.30. The molecule has 0 spiro atoms. The predicted molar refractivity (Wildman–Crippen MR) is 72.2 cm³/mol. The highest BCUT2D eigenvalue weighted by molar-refractivity contribution is 7.89. The van der Waals surface area contributed by atoms with E-state index in [4.69, 9.17) is 11.6 Å². The number of halogens is 2. The fraction of sp³-hybridized carbons (Fsp3) is 0.500. The maximum atomic E-state index is 13.3. The third kappa shape index (κ3) is 3.25. The second-order valence-electron chi connectivity index (χ2n) is 4.68. The summed E-state index contributed by atoms with van der Waals surface area (Å²) >= 11 is 5.71. The minimum absolute atomic E-state index is 0.0809. The van der Waals surface area contributed by atoms with E-state index >= 15 is 0 Å². The van der Waals surface area contributed by atoms with E-state index in [2.05, 4.69) is 5.32 Å². The summed E-state index contributed by atoms with van der Waals surface area (Å²) in [6, 6.07) is 3.38. The molecular formula is C12H16ClFN2O2S. The first-order chi connectivity index (χ1) is 8.93. The monoisotopic (exact) mass is 306 g/mol. The highest BCUT2D eigenvalue weighted by atomic mass is 35.5. The highest BCUT2D eigenvalue weighted by Crippen LogP contribution is 2.26. The summed E-state index contributed by atoms with van der Waals surface area (Å²) in [5.74, 6) is -0.346. The van der Waals surface area contributed by atoms with Crippen LogP contribution in [0.15, 0.2) is 23.1 Å². The molecule has 0 radical (unpaired) electrons. The van der Waals surface area contributed by atoms with Gasteiger partial charge < -0.3 is 5.32 Å². The molecule has 19 heavy (non-hydrogen) atoms. The van der Waals surface area contributed by atoms with Gasteiger partial charge in [0.25, 0.3) is 0 Å². The third-order valence-electron chi connectivity index (χ3n) is 3.22. The van der Waals surface area contributed by atoms with Gasteiger partial charge in [-0.2, -0.15) is 4.31 Å². The largest absolute Gasteiger partial charge is 0.319 e. The first-order valence-corrected chi connectivity index (χ1v) is 7.86. The van der Waals surface area contributed by atoms with Crippen molar-refractivity contribution in [1.29, 1.82) is 0 Å². The molecule has 1 saturated heterocycles. The van der Waals surface area contributed by atoms with Crippen molar-refractivity contribution in [1.82, 2.24) is 9.62 Å². The molecule has 1 unspecified atom stereocenters. The van der Waals surface area contributed by atoms with Gasteiger partial charge in [-0.1, -0.05) is 11.6 Å². The number of nitrogens with one attached hydrogen (secondary N) is 1. The number of nitrogens with zero attached hydrogens (tertiary/aromatic N) is 1. The Labute approximate surface area is 117 Å². The SMILES string of the molecule is CNCC1CCN(S(=O)(=O)c2cc(F)cc(Cl)c2)C1. The van der Waals surface area contributed by atoms with Crippen LogP contribution in [0, 0.1) is 11.7 Å². The zero-order chi connectivity index (χ0) is 14.0. The molecule has 4 nitrogen and oxygen atoms in total. The molecule has 0 bridgehead atoms. The quantitative estimate of drug-likeness (QED) is 0.921. The molecule has 1 aromatic carbocycles. The van der Waals surface area contributed by atoms with Crippen LogP contribution in [0.1, 0.15) is 6.42 Å². The van der Waals surface area contributed by atoms with Crippen LogP contribution in [0.5, 0.6) is 0 Å². The number of hydrogen-bond donors (Lipinski definition) is 1. The molecule has 0 saturated carbocycles. The van der Waals surface area contributed by atoms with E-state index in [-0.39, 0.29) is 9.92 Å². The Morgan fingerprint density at radius 1 is 1.47 bits per heavy atom. The summed E-state index contributed by atoms with van der Waals surface area (Å²) in [6.45, 7) is 1.69. The van der Waals surface area contributed by atoms with Gasteiger partial charge in [-0.3, -0.25) is 0 Å². The van der Waals surface area contributed by atoms with Crippen LogP contribution in [0.25, 0.3) is 0 Å². The molecule has 0 aliphatic carbocycles. The van der Waals surface area contributed by atoms with E-state index in [1.54, 1.807) is 0 Å². The lowest BCUT2D eigenvalue weighted by Gasteiger charge is -2.17. The first kappa shape index (κ1) is 14.7. The van der Waals surface area contributed by atoms with Gasteiger partial charge in [0, 0.05) is 18.1 Å². The molecule has 1 fully saturated rings. The number of hydrogen-bond acceptors (Lipinski definition) is 3. The normalized spacial score (nSPS) is 20.9.